The number of halogens is 2. The number of rotatable bonds is 7. The average molecular weight is 478 g/mol. The highest BCUT2D eigenvalue weighted by atomic mass is 127. The topological polar surface area (TPSA) is 48.9 Å². The summed E-state index contributed by atoms with van der Waals surface area (Å²) in [5.41, 5.74) is 1.04. The van der Waals surface area contributed by atoms with E-state index in [2.05, 4.69) is 36.6 Å². The summed E-state index contributed by atoms with van der Waals surface area (Å²) in [7, 11) is 4.23. The number of ether oxygens (including phenoxy) is 1. The summed E-state index contributed by atoms with van der Waals surface area (Å²) in [6.45, 7) is 5.89. The Morgan fingerprint density at radius 3 is 2.62 bits per heavy atom. The van der Waals surface area contributed by atoms with Crippen LogP contribution in [0.1, 0.15) is 25.3 Å². The maximum Gasteiger partial charge on any atom is 0.191 e. The Morgan fingerprint density at radius 2 is 2.00 bits per heavy atom. The van der Waals surface area contributed by atoms with Gasteiger partial charge in [0.05, 0.1) is 6.54 Å². The number of benzene rings is 1. The Labute approximate surface area is 173 Å². The molecule has 2 rings (SSSR count). The number of likely N-dealkylation sites (N-methyl/N-ethyl adjacent to an activating group) is 1. The lowest BCUT2D eigenvalue weighted by atomic mass is 9.89. The largest absolute Gasteiger partial charge is 0.381 e. The number of hydrogen-bond acceptors (Lipinski definition) is 3. The van der Waals surface area contributed by atoms with Crippen molar-refractivity contribution in [2.75, 3.05) is 46.9 Å². The van der Waals surface area contributed by atoms with Gasteiger partial charge in [0, 0.05) is 31.8 Å². The van der Waals surface area contributed by atoms with Gasteiger partial charge < -0.3 is 20.3 Å². The van der Waals surface area contributed by atoms with Crippen LogP contribution >= 0.6 is 24.0 Å². The first kappa shape index (κ1) is 23.1. The molecule has 0 atom stereocenters. The summed E-state index contributed by atoms with van der Waals surface area (Å²) in [6, 6.07) is 6.74. The van der Waals surface area contributed by atoms with Gasteiger partial charge in [-0.25, -0.2) is 4.39 Å². The third-order valence-corrected chi connectivity index (χ3v) is 4.84. The quantitative estimate of drug-likeness (QED) is 0.360. The summed E-state index contributed by atoms with van der Waals surface area (Å²) in [6.07, 6.45) is 2.74. The molecule has 7 heteroatoms. The van der Waals surface area contributed by atoms with Crippen molar-refractivity contribution < 1.29 is 9.13 Å². The smallest absolute Gasteiger partial charge is 0.191 e. The van der Waals surface area contributed by atoms with Crippen molar-refractivity contribution in [3.8, 4) is 0 Å². The zero-order valence-corrected chi connectivity index (χ0v) is 18.4. The molecular weight excluding hydrogens is 446 g/mol. The standard InChI is InChI=1S/C19H31FN4O.HI/c1-4-21-18(22-11-8-16-6-5-7-17(20)14-16)23-15-19(24(2)3)9-12-25-13-10-19;/h5-7,14H,4,8-13,15H2,1-3H3,(H2,21,22,23);1H. The van der Waals surface area contributed by atoms with Gasteiger partial charge in [-0.15, -0.1) is 24.0 Å². The summed E-state index contributed by atoms with van der Waals surface area (Å²) in [5.74, 6) is 0.622. The van der Waals surface area contributed by atoms with Crippen molar-refractivity contribution in [3.05, 3.63) is 35.6 Å². The van der Waals surface area contributed by atoms with E-state index in [1.807, 2.05) is 6.07 Å². The minimum Gasteiger partial charge on any atom is -0.381 e. The third-order valence-electron chi connectivity index (χ3n) is 4.84. The number of guanidine groups is 1. The van der Waals surface area contributed by atoms with Crippen molar-refractivity contribution in [2.45, 2.75) is 31.7 Å². The summed E-state index contributed by atoms with van der Waals surface area (Å²) in [4.78, 5) is 7.08. The van der Waals surface area contributed by atoms with Crippen molar-refractivity contribution in [3.63, 3.8) is 0 Å². The molecule has 1 aliphatic heterocycles. The normalized spacial score (nSPS) is 16.9. The van der Waals surface area contributed by atoms with Crippen LogP contribution in [-0.4, -0.2) is 63.3 Å². The Bertz CT molecular complexity index is 562. The van der Waals surface area contributed by atoms with E-state index >= 15 is 0 Å². The fourth-order valence-electron chi connectivity index (χ4n) is 3.08. The van der Waals surface area contributed by atoms with Crippen LogP contribution in [0.25, 0.3) is 0 Å². The number of hydrogen-bond donors (Lipinski definition) is 2. The monoisotopic (exact) mass is 478 g/mol. The second kappa shape index (κ2) is 11.7. The molecule has 0 bridgehead atoms. The molecule has 1 fully saturated rings. The number of nitrogens with zero attached hydrogens (tertiary/aromatic N) is 2. The first-order valence-electron chi connectivity index (χ1n) is 9.07. The van der Waals surface area contributed by atoms with Gasteiger partial charge in [0.15, 0.2) is 5.96 Å². The molecule has 0 saturated carbocycles. The van der Waals surface area contributed by atoms with Crippen LogP contribution in [-0.2, 0) is 11.2 Å². The molecule has 1 aliphatic rings. The zero-order chi connectivity index (χ0) is 18.1. The number of nitrogens with one attached hydrogen (secondary N) is 2. The molecule has 26 heavy (non-hydrogen) atoms. The molecule has 148 valence electrons. The molecule has 0 amide bonds. The highest BCUT2D eigenvalue weighted by molar-refractivity contribution is 14.0. The van der Waals surface area contributed by atoms with Gasteiger partial charge in [-0.2, -0.15) is 0 Å². The summed E-state index contributed by atoms with van der Waals surface area (Å²) >= 11 is 0. The van der Waals surface area contributed by atoms with Crippen molar-refractivity contribution >= 4 is 29.9 Å². The molecular formula is C19H32FIN4O. The molecule has 2 N–H and O–H groups in total. The second-order valence-corrected chi connectivity index (χ2v) is 6.73. The highest BCUT2D eigenvalue weighted by Crippen LogP contribution is 2.26. The van der Waals surface area contributed by atoms with Crippen LogP contribution in [0.3, 0.4) is 0 Å². The van der Waals surface area contributed by atoms with Crippen molar-refractivity contribution in [2.24, 2.45) is 4.99 Å². The van der Waals surface area contributed by atoms with E-state index in [1.165, 1.54) is 6.07 Å². The van der Waals surface area contributed by atoms with E-state index in [4.69, 9.17) is 9.73 Å². The summed E-state index contributed by atoms with van der Waals surface area (Å²) in [5, 5.41) is 6.64. The fourth-order valence-corrected chi connectivity index (χ4v) is 3.08. The second-order valence-electron chi connectivity index (χ2n) is 6.73. The van der Waals surface area contributed by atoms with Gasteiger partial charge in [0.25, 0.3) is 0 Å². The Morgan fingerprint density at radius 1 is 1.27 bits per heavy atom. The molecule has 0 radical (unpaired) electrons. The lowest BCUT2D eigenvalue weighted by molar-refractivity contribution is -0.00254. The molecule has 1 saturated heterocycles. The Kier molecular flexibility index (Phi) is 10.4. The molecule has 1 aromatic rings. The molecule has 1 aromatic carbocycles. The van der Waals surface area contributed by atoms with Gasteiger partial charge in [-0.05, 0) is 58.0 Å². The van der Waals surface area contributed by atoms with E-state index in [9.17, 15) is 4.39 Å². The molecule has 0 spiro atoms. The molecule has 1 heterocycles. The minimum atomic E-state index is -0.189. The average Bonchev–Trinajstić information content (AvgIpc) is 2.60. The molecule has 0 aliphatic carbocycles. The van der Waals surface area contributed by atoms with Gasteiger partial charge in [-0.1, -0.05) is 12.1 Å². The number of aliphatic imine (C=N–C) groups is 1. The van der Waals surface area contributed by atoms with Crippen LogP contribution in [0.4, 0.5) is 4.39 Å². The van der Waals surface area contributed by atoms with Crippen LogP contribution < -0.4 is 10.6 Å². The molecule has 0 unspecified atom stereocenters. The first-order valence-corrected chi connectivity index (χ1v) is 9.07. The SMILES string of the molecule is CCNC(=NCC1(N(C)C)CCOCC1)NCCc1cccc(F)c1.I. The van der Waals surface area contributed by atoms with E-state index in [0.29, 0.717) is 6.54 Å². The third kappa shape index (κ3) is 7.00. The Hall–Kier alpha value is -0.930. The van der Waals surface area contributed by atoms with Crippen LogP contribution in [0, 0.1) is 5.82 Å². The van der Waals surface area contributed by atoms with Gasteiger partial charge in [0.1, 0.15) is 5.82 Å². The maximum atomic E-state index is 13.2. The van der Waals surface area contributed by atoms with Gasteiger partial charge >= 0.3 is 0 Å². The van der Waals surface area contributed by atoms with Crippen LogP contribution in [0.5, 0.6) is 0 Å². The highest BCUT2D eigenvalue weighted by Gasteiger charge is 2.34. The fraction of sp³-hybridized carbons (Fsp3) is 0.632. The Balaban J connectivity index is 0.00000338. The van der Waals surface area contributed by atoms with Gasteiger partial charge in [-0.3, -0.25) is 4.99 Å². The van der Waals surface area contributed by atoms with E-state index in [0.717, 1.165) is 57.1 Å². The zero-order valence-electron chi connectivity index (χ0n) is 16.1. The van der Waals surface area contributed by atoms with Crippen LogP contribution in [0.2, 0.25) is 0 Å². The van der Waals surface area contributed by atoms with E-state index < -0.39 is 0 Å². The predicted molar refractivity (Wildman–Crippen MR) is 116 cm³/mol. The lowest BCUT2D eigenvalue weighted by Crippen LogP contribution is -2.51. The maximum absolute atomic E-state index is 13.2. The predicted octanol–water partition coefficient (Wildman–Crippen LogP) is 2.65. The van der Waals surface area contributed by atoms with E-state index in [1.54, 1.807) is 12.1 Å². The first-order chi connectivity index (χ1) is 12.1. The van der Waals surface area contributed by atoms with Crippen molar-refractivity contribution in [1.29, 1.82) is 0 Å². The molecule has 5 nitrogen and oxygen atoms in total. The lowest BCUT2D eigenvalue weighted by Gasteiger charge is -2.41. The van der Waals surface area contributed by atoms with Crippen molar-refractivity contribution in [1.82, 2.24) is 15.5 Å². The summed E-state index contributed by atoms with van der Waals surface area (Å²) < 4.78 is 18.8. The van der Waals surface area contributed by atoms with Crippen LogP contribution in [0.15, 0.2) is 29.3 Å². The molecule has 0 aromatic heterocycles. The van der Waals surface area contributed by atoms with Gasteiger partial charge in [0.2, 0.25) is 0 Å². The van der Waals surface area contributed by atoms with E-state index in [-0.39, 0.29) is 35.3 Å². The minimum absolute atomic E-state index is 0.